The van der Waals surface area contributed by atoms with Gasteiger partial charge in [0.25, 0.3) is 5.56 Å². The number of thioether (sulfide) groups is 1. The predicted octanol–water partition coefficient (Wildman–Crippen LogP) is 4.71. The molecule has 1 amide bonds. The molecule has 0 saturated heterocycles. The van der Waals surface area contributed by atoms with E-state index in [4.69, 9.17) is 4.98 Å². The van der Waals surface area contributed by atoms with E-state index in [1.807, 2.05) is 67.6 Å². The van der Waals surface area contributed by atoms with E-state index >= 15 is 0 Å². The molecule has 3 aromatic carbocycles. The lowest BCUT2D eigenvalue weighted by Gasteiger charge is -2.15. The minimum atomic E-state index is -0.139. The zero-order valence-electron chi connectivity index (χ0n) is 18.1. The Morgan fingerprint density at radius 2 is 1.69 bits per heavy atom. The Labute approximate surface area is 191 Å². The number of para-hydroxylation sites is 1. The molecule has 0 aliphatic carbocycles. The van der Waals surface area contributed by atoms with E-state index in [0.717, 1.165) is 11.3 Å². The van der Waals surface area contributed by atoms with Crippen LogP contribution in [0.25, 0.3) is 16.6 Å². The summed E-state index contributed by atoms with van der Waals surface area (Å²) in [4.78, 5) is 30.5. The summed E-state index contributed by atoms with van der Waals surface area (Å²) in [5, 5.41) is 4.05. The van der Waals surface area contributed by atoms with Crippen LogP contribution in [0.3, 0.4) is 0 Å². The van der Waals surface area contributed by atoms with Gasteiger partial charge in [0.05, 0.1) is 22.3 Å². The topological polar surface area (TPSA) is 64.0 Å². The molecular weight excluding hydrogens is 418 g/mol. The maximum atomic E-state index is 13.3. The van der Waals surface area contributed by atoms with Gasteiger partial charge in [0.1, 0.15) is 0 Å². The lowest BCUT2D eigenvalue weighted by Crippen LogP contribution is -2.29. The molecular formula is C26H25N3O2S. The van der Waals surface area contributed by atoms with E-state index < -0.39 is 0 Å². The zero-order chi connectivity index (χ0) is 22.5. The number of carbonyl (C=O) groups excluding carboxylic acids is 1. The number of carbonyl (C=O) groups is 1. The maximum Gasteiger partial charge on any atom is 0.266 e. The molecule has 5 nitrogen and oxygen atoms in total. The second-order valence-corrected chi connectivity index (χ2v) is 8.73. The van der Waals surface area contributed by atoms with Gasteiger partial charge in [-0.1, -0.05) is 78.8 Å². The number of aryl methyl sites for hydroxylation is 1. The summed E-state index contributed by atoms with van der Waals surface area (Å²) in [6.45, 7) is 4.64. The lowest BCUT2D eigenvalue weighted by atomic mass is 10.0. The Morgan fingerprint density at radius 3 is 2.44 bits per heavy atom. The highest BCUT2D eigenvalue weighted by Crippen LogP contribution is 2.22. The lowest BCUT2D eigenvalue weighted by molar-refractivity contribution is -0.118. The van der Waals surface area contributed by atoms with E-state index in [-0.39, 0.29) is 23.1 Å². The summed E-state index contributed by atoms with van der Waals surface area (Å²) in [5.41, 5.74) is 3.52. The summed E-state index contributed by atoms with van der Waals surface area (Å²) in [5.74, 6) is 0.309. The van der Waals surface area contributed by atoms with Crippen molar-refractivity contribution in [3.63, 3.8) is 0 Å². The van der Waals surface area contributed by atoms with Crippen molar-refractivity contribution in [2.24, 2.45) is 0 Å². The number of fused-ring (bicyclic) bond motifs is 1. The fourth-order valence-corrected chi connectivity index (χ4v) is 4.32. The highest BCUT2D eigenvalue weighted by atomic mass is 32.2. The zero-order valence-corrected chi connectivity index (χ0v) is 18.9. The van der Waals surface area contributed by atoms with Crippen LogP contribution in [0.4, 0.5) is 0 Å². The summed E-state index contributed by atoms with van der Waals surface area (Å²) < 4.78 is 1.59. The monoisotopic (exact) mass is 443 g/mol. The molecule has 4 rings (SSSR count). The van der Waals surface area contributed by atoms with Crippen molar-refractivity contribution in [2.45, 2.75) is 24.9 Å². The molecule has 0 fully saturated rings. The highest BCUT2D eigenvalue weighted by Gasteiger charge is 2.15. The van der Waals surface area contributed by atoms with Gasteiger partial charge in [0.15, 0.2) is 5.16 Å². The van der Waals surface area contributed by atoms with Gasteiger partial charge in [-0.2, -0.15) is 0 Å². The van der Waals surface area contributed by atoms with Crippen LogP contribution in [-0.2, 0) is 4.79 Å². The summed E-state index contributed by atoms with van der Waals surface area (Å²) in [6, 6.07) is 25.1. The second-order valence-electron chi connectivity index (χ2n) is 7.79. The van der Waals surface area contributed by atoms with Gasteiger partial charge in [0, 0.05) is 6.54 Å². The molecule has 0 saturated carbocycles. The molecule has 1 atom stereocenters. The van der Waals surface area contributed by atoms with Gasteiger partial charge in [-0.3, -0.25) is 14.2 Å². The first-order chi connectivity index (χ1) is 15.5. The van der Waals surface area contributed by atoms with Crippen LogP contribution in [0.5, 0.6) is 0 Å². The Morgan fingerprint density at radius 1 is 1.00 bits per heavy atom. The van der Waals surface area contributed by atoms with Gasteiger partial charge in [-0.15, -0.1) is 0 Å². The molecule has 0 aliphatic rings. The van der Waals surface area contributed by atoms with Gasteiger partial charge in [-0.25, -0.2) is 4.98 Å². The minimum absolute atomic E-state index is 0.0874. The van der Waals surface area contributed by atoms with Crippen LogP contribution < -0.4 is 10.9 Å². The number of amides is 1. The third-order valence-electron chi connectivity index (χ3n) is 5.34. The molecule has 1 N–H and O–H groups in total. The molecule has 1 heterocycles. The number of hydrogen-bond donors (Lipinski definition) is 1. The third-order valence-corrected chi connectivity index (χ3v) is 6.28. The molecule has 0 radical (unpaired) electrons. The SMILES string of the molecule is Cc1ccc(-n2c(SCC(=O)NCC(C)c3ccccc3)nc3ccccc3c2=O)cc1. The Bertz CT molecular complexity index is 1280. The van der Waals surface area contributed by atoms with Crippen LogP contribution in [0, 0.1) is 6.92 Å². The van der Waals surface area contributed by atoms with Crippen molar-refractivity contribution in [2.75, 3.05) is 12.3 Å². The predicted molar refractivity (Wildman–Crippen MR) is 131 cm³/mol. The summed E-state index contributed by atoms with van der Waals surface area (Å²) in [6.07, 6.45) is 0. The Kier molecular flexibility index (Phi) is 6.71. The van der Waals surface area contributed by atoms with Crippen molar-refractivity contribution in [1.29, 1.82) is 0 Å². The standard InChI is InChI=1S/C26H25N3O2S/c1-18-12-14-21(15-13-18)29-25(31)22-10-6-7-11-23(22)28-26(29)32-17-24(30)27-16-19(2)20-8-4-3-5-9-20/h3-15,19H,16-17H2,1-2H3,(H,27,30). The van der Waals surface area contributed by atoms with E-state index in [1.54, 1.807) is 10.6 Å². The average molecular weight is 444 g/mol. The number of hydrogen-bond acceptors (Lipinski definition) is 4. The van der Waals surface area contributed by atoms with E-state index in [2.05, 4.69) is 24.4 Å². The van der Waals surface area contributed by atoms with Gasteiger partial charge < -0.3 is 5.32 Å². The average Bonchev–Trinajstić information content (AvgIpc) is 2.82. The van der Waals surface area contributed by atoms with Gasteiger partial charge in [0.2, 0.25) is 5.91 Å². The van der Waals surface area contributed by atoms with Crippen LogP contribution in [0.15, 0.2) is 88.8 Å². The van der Waals surface area contributed by atoms with Crippen LogP contribution in [0.1, 0.15) is 24.0 Å². The molecule has 0 aliphatic heterocycles. The second kappa shape index (κ2) is 9.83. The number of benzene rings is 3. The molecule has 4 aromatic rings. The molecule has 0 bridgehead atoms. The number of aromatic nitrogens is 2. The smallest absolute Gasteiger partial charge is 0.266 e. The fourth-order valence-electron chi connectivity index (χ4n) is 3.48. The Hall–Kier alpha value is -3.38. The Balaban J connectivity index is 1.54. The highest BCUT2D eigenvalue weighted by molar-refractivity contribution is 7.99. The first kappa shape index (κ1) is 21.8. The molecule has 1 aromatic heterocycles. The summed E-state index contributed by atoms with van der Waals surface area (Å²) in [7, 11) is 0. The van der Waals surface area contributed by atoms with Crippen LogP contribution in [0.2, 0.25) is 0 Å². The minimum Gasteiger partial charge on any atom is -0.355 e. The van der Waals surface area contributed by atoms with Crippen LogP contribution >= 0.6 is 11.8 Å². The van der Waals surface area contributed by atoms with Crippen LogP contribution in [-0.4, -0.2) is 27.8 Å². The normalized spacial score (nSPS) is 11.9. The van der Waals surface area contributed by atoms with E-state index in [1.165, 1.54) is 17.3 Å². The first-order valence-electron chi connectivity index (χ1n) is 10.6. The first-order valence-corrected chi connectivity index (χ1v) is 11.5. The van der Waals surface area contributed by atoms with Gasteiger partial charge in [-0.05, 0) is 42.7 Å². The molecule has 32 heavy (non-hydrogen) atoms. The quantitative estimate of drug-likeness (QED) is 0.332. The molecule has 162 valence electrons. The van der Waals surface area contributed by atoms with Crippen molar-refractivity contribution in [1.82, 2.24) is 14.9 Å². The molecule has 0 spiro atoms. The van der Waals surface area contributed by atoms with Gasteiger partial charge >= 0.3 is 0 Å². The molecule has 6 heteroatoms. The van der Waals surface area contributed by atoms with E-state index in [0.29, 0.717) is 22.6 Å². The van der Waals surface area contributed by atoms with Crippen molar-refractivity contribution in [3.05, 3.63) is 100 Å². The fraction of sp³-hybridized carbons (Fsp3) is 0.192. The number of nitrogens with one attached hydrogen (secondary N) is 1. The van der Waals surface area contributed by atoms with Crippen molar-refractivity contribution in [3.8, 4) is 5.69 Å². The van der Waals surface area contributed by atoms with E-state index in [9.17, 15) is 9.59 Å². The van der Waals surface area contributed by atoms with Crippen molar-refractivity contribution >= 4 is 28.6 Å². The summed E-state index contributed by atoms with van der Waals surface area (Å²) >= 11 is 1.27. The van der Waals surface area contributed by atoms with Crippen molar-refractivity contribution < 1.29 is 4.79 Å². The third kappa shape index (κ3) is 4.92. The number of rotatable bonds is 7. The largest absolute Gasteiger partial charge is 0.355 e. The molecule has 1 unspecified atom stereocenters. The number of nitrogens with zero attached hydrogens (tertiary/aromatic N) is 2. The maximum absolute atomic E-state index is 13.3.